The highest BCUT2D eigenvalue weighted by Crippen LogP contribution is 2.52. The quantitative estimate of drug-likeness (QED) is 0.121. The van der Waals surface area contributed by atoms with E-state index in [-0.39, 0.29) is 47.7 Å². The lowest BCUT2D eigenvalue weighted by Gasteiger charge is -2.37. The van der Waals surface area contributed by atoms with Crippen LogP contribution in [0.3, 0.4) is 0 Å². The molecule has 0 bridgehead atoms. The van der Waals surface area contributed by atoms with Crippen molar-refractivity contribution in [3.05, 3.63) is 140 Å². The van der Waals surface area contributed by atoms with Crippen LogP contribution in [0.2, 0.25) is 5.02 Å². The number of hydrogen-bond acceptors (Lipinski definition) is 10. The van der Waals surface area contributed by atoms with Crippen molar-refractivity contribution in [1.29, 1.82) is 0 Å². The van der Waals surface area contributed by atoms with Crippen LogP contribution in [0.1, 0.15) is 156 Å². The topological polar surface area (TPSA) is 151 Å². The largest absolute Gasteiger partial charge is 0.391 e. The van der Waals surface area contributed by atoms with E-state index in [4.69, 9.17) is 26.4 Å². The third-order valence-electron chi connectivity index (χ3n) is 19.0. The molecule has 4 aliphatic heterocycles. The minimum atomic E-state index is -0.839. The number of nitrogens with zero attached hydrogens (tertiary/aromatic N) is 8. The fourth-order valence-electron chi connectivity index (χ4n) is 14.7. The molecule has 6 aliphatic rings. The molecule has 12 rings (SSSR count). The third kappa shape index (κ3) is 10.6. The van der Waals surface area contributed by atoms with E-state index in [1.807, 2.05) is 51.2 Å². The van der Waals surface area contributed by atoms with Gasteiger partial charge >= 0.3 is 0 Å². The molecule has 2 aromatic heterocycles. The lowest BCUT2D eigenvalue weighted by atomic mass is 9.69. The molecular formula is C64H78ClN9O5. The van der Waals surface area contributed by atoms with E-state index in [9.17, 15) is 19.5 Å². The lowest BCUT2D eigenvalue weighted by Crippen LogP contribution is -2.52. The number of carbonyl (C=O) groups is 2. The van der Waals surface area contributed by atoms with Crippen LogP contribution in [0.4, 0.5) is 0 Å². The zero-order chi connectivity index (χ0) is 54.6. The average molecular weight is 1090 g/mol. The third-order valence-corrected chi connectivity index (χ3v) is 19.3. The molecule has 4 atom stereocenters. The summed E-state index contributed by atoms with van der Waals surface area (Å²) in [6.07, 6.45) is 13.3. The van der Waals surface area contributed by atoms with E-state index < -0.39 is 23.6 Å². The van der Waals surface area contributed by atoms with Crippen LogP contribution in [0, 0.1) is 18.3 Å². The van der Waals surface area contributed by atoms with Crippen molar-refractivity contribution in [1.82, 2.24) is 44.6 Å². The number of nitrogens with one attached hydrogen (secondary N) is 1. The van der Waals surface area contributed by atoms with Crippen LogP contribution in [0.5, 0.6) is 0 Å². The van der Waals surface area contributed by atoms with Gasteiger partial charge in [0.2, 0.25) is 11.8 Å². The number of β-amino-alcohol motifs (C(OH)–C–C–N with tert-alkyl or cyclic N) is 1. The zero-order valence-corrected chi connectivity index (χ0v) is 47.3. The smallest absolute Gasteiger partial charge is 0.282 e. The molecule has 0 radical (unpaired) electrons. The molecule has 79 heavy (non-hydrogen) atoms. The second-order valence-corrected chi connectivity index (χ2v) is 25.5. The molecule has 15 heteroatoms. The number of benzene rings is 4. The first-order valence-corrected chi connectivity index (χ1v) is 29.9. The molecule has 0 unspecified atom stereocenters. The van der Waals surface area contributed by atoms with E-state index >= 15 is 0 Å². The van der Waals surface area contributed by atoms with Crippen molar-refractivity contribution in [2.24, 2.45) is 11.3 Å². The van der Waals surface area contributed by atoms with Gasteiger partial charge < -0.3 is 25.0 Å². The fourth-order valence-corrected chi connectivity index (χ4v) is 14.9. The van der Waals surface area contributed by atoms with E-state index in [1.54, 1.807) is 15.6 Å². The molecule has 2 N–H and O–H groups in total. The van der Waals surface area contributed by atoms with Gasteiger partial charge in [-0.15, -0.1) is 5.10 Å². The van der Waals surface area contributed by atoms with Gasteiger partial charge in [-0.2, -0.15) is 4.98 Å². The summed E-state index contributed by atoms with van der Waals surface area (Å²) in [5.41, 5.74) is 9.09. The van der Waals surface area contributed by atoms with Crippen LogP contribution >= 0.6 is 11.6 Å². The summed E-state index contributed by atoms with van der Waals surface area (Å²) in [7, 11) is 0. The number of aryl methyl sites for hydroxylation is 1. The number of ether oxygens (including phenoxy) is 1. The number of hydrogen-bond donors (Lipinski definition) is 2. The maximum atomic E-state index is 15.0. The number of aliphatic hydroxyl groups is 1. The Morgan fingerprint density at radius 1 is 0.861 bits per heavy atom. The summed E-state index contributed by atoms with van der Waals surface area (Å²) in [4.78, 5) is 54.4. The van der Waals surface area contributed by atoms with Gasteiger partial charge in [-0.25, -0.2) is 4.68 Å². The molecule has 6 aromatic rings. The molecular weight excluding hydrogens is 1010 g/mol. The zero-order valence-electron chi connectivity index (χ0n) is 46.6. The van der Waals surface area contributed by atoms with Gasteiger partial charge in [-0.05, 0) is 140 Å². The van der Waals surface area contributed by atoms with Gasteiger partial charge in [0.1, 0.15) is 17.9 Å². The molecule has 5 fully saturated rings. The number of halogens is 1. The summed E-state index contributed by atoms with van der Waals surface area (Å²) in [6, 6.07) is 27.8. The van der Waals surface area contributed by atoms with Gasteiger partial charge in [0.15, 0.2) is 0 Å². The number of fused-ring (bicyclic) bond motifs is 7. The minimum Gasteiger partial charge on any atom is -0.391 e. The molecule has 2 aliphatic carbocycles. The van der Waals surface area contributed by atoms with Crippen molar-refractivity contribution < 1.29 is 19.4 Å². The van der Waals surface area contributed by atoms with E-state index in [1.165, 1.54) is 34.4 Å². The predicted octanol–water partition coefficient (Wildman–Crippen LogP) is 10.1. The van der Waals surface area contributed by atoms with E-state index in [0.717, 1.165) is 125 Å². The fraction of sp³-hybridized carbons (Fsp3) is 0.531. The highest BCUT2D eigenvalue weighted by Gasteiger charge is 2.48. The van der Waals surface area contributed by atoms with Crippen LogP contribution in [0.25, 0.3) is 27.7 Å². The molecule has 6 heterocycles. The number of morpholine rings is 1. The molecule has 4 aromatic carbocycles. The van der Waals surface area contributed by atoms with Crippen LogP contribution in [-0.2, 0) is 19.7 Å². The first kappa shape index (κ1) is 53.9. The second-order valence-electron chi connectivity index (χ2n) is 25.1. The molecule has 3 saturated heterocycles. The number of aliphatic hydroxyl groups excluding tert-OH is 1. The van der Waals surface area contributed by atoms with Crippen molar-refractivity contribution in [3.8, 4) is 16.8 Å². The number of carbonyl (C=O) groups excluding carboxylic acids is 2. The van der Waals surface area contributed by atoms with Crippen LogP contribution < -0.4 is 10.9 Å². The Bertz CT molecular complexity index is 3250. The average Bonchev–Trinajstić information content (AvgIpc) is 3.64. The Labute approximate surface area is 469 Å². The lowest BCUT2D eigenvalue weighted by molar-refractivity contribution is -0.144. The monoisotopic (exact) mass is 1090 g/mol. The molecule has 1 spiro atoms. The summed E-state index contributed by atoms with van der Waals surface area (Å²) in [5.74, 6) is 1.73. The summed E-state index contributed by atoms with van der Waals surface area (Å²) in [5, 5.41) is 24.8. The standard InChI is InChI=1S/C64H78ClN9O5/c1-41-11-6-7-12-49(41)44-19-21-45(22-20-44)52(39-71-31-33-79-34-32-71)66-59(76)56-36-48(75)38-72(56)61(78)58(63(2,3)4)73-40-53(68-69-73)46-17-15-42(16-18-46)37-70-29-25-43(26-30-70)47-23-24-50-55(35-47)74-54-14-10-13-51(65)57(54)60(77)67-62(74)64(50)27-8-5-9-28-64/h6-7,10-14,19-24,35,40,42-43,46,48,52,56,58,75H,5,8-9,15-18,25-34,36-39H2,1-4H3,(H,66,76)/t42?,46?,48-,52+,56+,58-/m1/s1. The van der Waals surface area contributed by atoms with E-state index in [0.29, 0.717) is 42.0 Å². The maximum absolute atomic E-state index is 15.0. The first-order valence-electron chi connectivity index (χ1n) is 29.5. The normalized spacial score (nSPS) is 23.6. The number of aromatic nitrogens is 5. The van der Waals surface area contributed by atoms with E-state index in [2.05, 4.69) is 86.4 Å². The van der Waals surface area contributed by atoms with Crippen LogP contribution in [0.15, 0.2) is 95.9 Å². The summed E-state index contributed by atoms with van der Waals surface area (Å²) >= 11 is 6.67. The molecule has 2 amide bonds. The van der Waals surface area contributed by atoms with Crippen molar-refractivity contribution >= 4 is 34.3 Å². The number of piperidine rings is 1. The molecule has 14 nitrogen and oxygen atoms in total. The van der Waals surface area contributed by atoms with Gasteiger partial charge in [-0.1, -0.05) is 124 Å². The molecule has 2 saturated carbocycles. The minimum absolute atomic E-state index is 0.0748. The second kappa shape index (κ2) is 22.3. The van der Waals surface area contributed by atoms with Crippen molar-refractivity contribution in [3.63, 3.8) is 0 Å². The maximum Gasteiger partial charge on any atom is 0.282 e. The Balaban J connectivity index is 0.677. The number of rotatable bonds is 12. The van der Waals surface area contributed by atoms with Gasteiger partial charge in [0.25, 0.3) is 5.56 Å². The van der Waals surface area contributed by atoms with Crippen LogP contribution in [-0.4, -0.2) is 127 Å². The Morgan fingerprint density at radius 3 is 2.34 bits per heavy atom. The highest BCUT2D eigenvalue weighted by molar-refractivity contribution is 6.35. The predicted molar refractivity (Wildman–Crippen MR) is 309 cm³/mol. The Hall–Kier alpha value is -5.77. The SMILES string of the molecule is Cc1ccccc1-c1ccc([C@H](CN2CCOCC2)NC(=O)[C@@H]2C[C@@H](O)CN2C(=O)[C@@H](n2cc(C3CCC(CN4CCC(c5ccc6c(c5)-n5c(nc(=O)c7c(Cl)cccc75)C65CCCCC5)CC4)CC3)nn2)C(C)(C)C)cc1. The highest BCUT2D eigenvalue weighted by atomic mass is 35.5. The number of likely N-dealkylation sites (tertiary alicyclic amines) is 2. The van der Waals surface area contributed by atoms with Gasteiger partial charge in [0.05, 0.1) is 58.1 Å². The Morgan fingerprint density at radius 2 is 1.61 bits per heavy atom. The summed E-state index contributed by atoms with van der Waals surface area (Å²) in [6.45, 7) is 14.9. The van der Waals surface area contributed by atoms with Crippen molar-refractivity contribution in [2.45, 2.75) is 146 Å². The van der Waals surface area contributed by atoms with Crippen molar-refractivity contribution in [2.75, 3.05) is 59.0 Å². The van der Waals surface area contributed by atoms with Gasteiger partial charge in [0, 0.05) is 51.3 Å². The number of amides is 2. The molecule has 416 valence electrons. The first-order chi connectivity index (χ1) is 38.2. The van der Waals surface area contributed by atoms with Gasteiger partial charge in [-0.3, -0.25) is 23.9 Å². The summed E-state index contributed by atoms with van der Waals surface area (Å²) < 4.78 is 9.66. The Kier molecular flexibility index (Phi) is 15.2.